The lowest BCUT2D eigenvalue weighted by atomic mass is 10.1. The molecular weight excluding hydrogens is 197 g/mol. The molecule has 0 spiro atoms. The van der Waals surface area contributed by atoms with E-state index in [0.29, 0.717) is 18.7 Å². The van der Waals surface area contributed by atoms with Crippen molar-refractivity contribution < 1.29 is 14.3 Å². The highest BCUT2D eigenvalue weighted by molar-refractivity contribution is 6.01. The molecule has 4 heteroatoms. The monoisotopic (exact) mass is 209 g/mol. The fourth-order valence-corrected chi connectivity index (χ4v) is 1.85. The summed E-state index contributed by atoms with van der Waals surface area (Å²) in [5.74, 6) is -0.458. The van der Waals surface area contributed by atoms with Crippen LogP contribution in [-0.2, 0) is 11.2 Å². The molecule has 0 radical (unpaired) electrons. The van der Waals surface area contributed by atoms with Crippen molar-refractivity contribution in [3.8, 4) is 0 Å². The van der Waals surface area contributed by atoms with Gasteiger partial charge in [-0.15, -0.1) is 0 Å². The first-order chi connectivity index (χ1) is 7.24. The third kappa shape index (κ3) is 1.72. The van der Waals surface area contributed by atoms with Crippen molar-refractivity contribution in [2.24, 2.45) is 0 Å². The van der Waals surface area contributed by atoms with Crippen molar-refractivity contribution in [2.45, 2.75) is 12.8 Å². The van der Waals surface area contributed by atoms with Crippen molar-refractivity contribution in [2.75, 3.05) is 18.1 Å². The quantitative estimate of drug-likeness (QED) is 0.809. The summed E-state index contributed by atoms with van der Waals surface area (Å²) in [6, 6.07) is 4.72. The first kappa shape index (κ1) is 10.1. The van der Waals surface area contributed by atoms with Gasteiger partial charge in [0.15, 0.2) is 0 Å². The zero-order chi connectivity index (χ0) is 10.8. The molecule has 1 amide bonds. The molecule has 80 valence electrons. The van der Waals surface area contributed by atoms with Gasteiger partial charge in [-0.1, -0.05) is 12.1 Å². The van der Waals surface area contributed by atoms with Crippen molar-refractivity contribution in [1.82, 2.24) is 0 Å². The van der Waals surface area contributed by atoms with E-state index in [1.54, 1.807) is 12.1 Å². The molecule has 15 heavy (non-hydrogen) atoms. The molecule has 0 saturated carbocycles. The second-order valence-corrected chi connectivity index (χ2v) is 3.55. The van der Waals surface area contributed by atoms with Gasteiger partial charge in [0.2, 0.25) is 5.91 Å². The first-order valence-electron chi connectivity index (χ1n) is 4.92. The SMILES string of the molecule is O=C1Cc2cccc(F)c2N1CCCO. The van der Waals surface area contributed by atoms with Gasteiger partial charge in [-0.2, -0.15) is 0 Å². The van der Waals surface area contributed by atoms with Crippen LogP contribution in [0.5, 0.6) is 0 Å². The highest BCUT2D eigenvalue weighted by Gasteiger charge is 2.29. The van der Waals surface area contributed by atoms with Crippen LogP contribution in [0.2, 0.25) is 0 Å². The molecule has 1 N–H and O–H groups in total. The smallest absolute Gasteiger partial charge is 0.231 e. The van der Waals surface area contributed by atoms with Crippen molar-refractivity contribution >= 4 is 11.6 Å². The summed E-state index contributed by atoms with van der Waals surface area (Å²) in [5.41, 5.74) is 1.12. The number of halogens is 1. The molecule has 2 rings (SSSR count). The Balaban J connectivity index is 2.31. The van der Waals surface area contributed by atoms with Crippen molar-refractivity contribution in [3.63, 3.8) is 0 Å². The van der Waals surface area contributed by atoms with E-state index in [1.165, 1.54) is 11.0 Å². The van der Waals surface area contributed by atoms with Gasteiger partial charge in [-0.3, -0.25) is 4.79 Å². The molecule has 1 heterocycles. The van der Waals surface area contributed by atoms with Crippen molar-refractivity contribution in [3.05, 3.63) is 29.6 Å². The Labute approximate surface area is 87.1 Å². The lowest BCUT2D eigenvalue weighted by molar-refractivity contribution is -0.117. The summed E-state index contributed by atoms with van der Waals surface area (Å²) in [6.45, 7) is 0.386. The number of nitrogens with zero attached hydrogens (tertiary/aromatic N) is 1. The van der Waals surface area contributed by atoms with Crippen molar-refractivity contribution in [1.29, 1.82) is 0 Å². The number of fused-ring (bicyclic) bond motifs is 1. The van der Waals surface area contributed by atoms with E-state index < -0.39 is 0 Å². The lowest BCUT2D eigenvalue weighted by Gasteiger charge is -2.17. The van der Waals surface area contributed by atoms with Crippen LogP contribution >= 0.6 is 0 Å². The summed E-state index contributed by atoms with van der Waals surface area (Å²) in [4.78, 5) is 13.0. The topological polar surface area (TPSA) is 40.5 Å². The van der Waals surface area contributed by atoms with Gasteiger partial charge < -0.3 is 10.0 Å². The molecule has 1 aromatic rings. The Morgan fingerprint density at radius 1 is 1.47 bits per heavy atom. The molecule has 3 nitrogen and oxygen atoms in total. The minimum Gasteiger partial charge on any atom is -0.396 e. The average Bonchev–Trinajstić information content (AvgIpc) is 2.53. The molecule has 1 aromatic carbocycles. The number of hydrogen-bond acceptors (Lipinski definition) is 2. The molecule has 0 atom stereocenters. The van der Waals surface area contributed by atoms with Crippen LogP contribution in [0.3, 0.4) is 0 Å². The number of benzene rings is 1. The van der Waals surface area contributed by atoms with Gasteiger partial charge in [0.05, 0.1) is 12.1 Å². The molecule has 0 aromatic heterocycles. The predicted octanol–water partition coefficient (Wildman–Crippen LogP) is 1.10. The number of amides is 1. The van der Waals surface area contributed by atoms with Crippen LogP contribution in [0.15, 0.2) is 18.2 Å². The minimum absolute atomic E-state index is 0.00751. The fourth-order valence-electron chi connectivity index (χ4n) is 1.85. The zero-order valence-electron chi connectivity index (χ0n) is 8.24. The number of para-hydroxylation sites is 1. The van der Waals surface area contributed by atoms with Crippen LogP contribution in [-0.4, -0.2) is 24.2 Å². The van der Waals surface area contributed by atoms with E-state index in [4.69, 9.17) is 5.11 Å². The minimum atomic E-state index is -0.365. The summed E-state index contributed by atoms with van der Waals surface area (Å²) in [5, 5.41) is 8.70. The standard InChI is InChI=1S/C11H12FNO2/c12-9-4-1-3-8-7-10(15)13(11(8)9)5-2-6-14/h1,3-4,14H,2,5-7H2. The second-order valence-electron chi connectivity index (χ2n) is 3.55. The van der Waals surface area contributed by atoms with E-state index in [2.05, 4.69) is 0 Å². The highest BCUT2D eigenvalue weighted by atomic mass is 19.1. The van der Waals surface area contributed by atoms with Gasteiger partial charge >= 0.3 is 0 Å². The number of anilines is 1. The number of aliphatic hydroxyl groups is 1. The number of carbonyl (C=O) groups excluding carboxylic acids is 1. The first-order valence-corrected chi connectivity index (χ1v) is 4.92. The number of rotatable bonds is 3. The maximum absolute atomic E-state index is 13.5. The van der Waals surface area contributed by atoms with Crippen LogP contribution in [0.1, 0.15) is 12.0 Å². The largest absolute Gasteiger partial charge is 0.396 e. The van der Waals surface area contributed by atoms with Gasteiger partial charge in [-0.25, -0.2) is 4.39 Å². The van der Waals surface area contributed by atoms with Gasteiger partial charge in [0, 0.05) is 13.2 Å². The molecule has 0 unspecified atom stereocenters. The summed E-state index contributed by atoms with van der Waals surface area (Å²) < 4.78 is 13.5. The predicted molar refractivity (Wildman–Crippen MR) is 54.2 cm³/mol. The molecule has 0 saturated heterocycles. The van der Waals surface area contributed by atoms with E-state index in [9.17, 15) is 9.18 Å². The van der Waals surface area contributed by atoms with Crippen LogP contribution in [0, 0.1) is 5.82 Å². The Hall–Kier alpha value is -1.42. The summed E-state index contributed by atoms with van der Waals surface area (Å²) in [7, 11) is 0. The Bertz CT molecular complexity index is 392. The molecule has 0 aliphatic carbocycles. The van der Waals surface area contributed by atoms with E-state index in [-0.39, 0.29) is 24.8 Å². The Morgan fingerprint density at radius 3 is 3.00 bits per heavy atom. The number of aliphatic hydroxyl groups excluding tert-OH is 1. The molecule has 0 bridgehead atoms. The highest BCUT2D eigenvalue weighted by Crippen LogP contribution is 2.31. The van der Waals surface area contributed by atoms with Crippen LogP contribution in [0.25, 0.3) is 0 Å². The van der Waals surface area contributed by atoms with E-state index in [1.807, 2.05) is 0 Å². The van der Waals surface area contributed by atoms with Gasteiger partial charge in [0.25, 0.3) is 0 Å². The van der Waals surface area contributed by atoms with E-state index in [0.717, 1.165) is 5.56 Å². The molecule has 0 fully saturated rings. The molecule has 1 aliphatic rings. The Morgan fingerprint density at radius 2 is 2.27 bits per heavy atom. The Kier molecular flexibility index (Phi) is 2.68. The second kappa shape index (κ2) is 3.98. The fraction of sp³-hybridized carbons (Fsp3) is 0.364. The molecular formula is C11H12FNO2. The third-order valence-corrected chi connectivity index (χ3v) is 2.52. The number of hydrogen-bond donors (Lipinski definition) is 1. The van der Waals surface area contributed by atoms with Crippen LogP contribution < -0.4 is 4.90 Å². The maximum Gasteiger partial charge on any atom is 0.231 e. The molecule has 1 aliphatic heterocycles. The van der Waals surface area contributed by atoms with E-state index >= 15 is 0 Å². The zero-order valence-corrected chi connectivity index (χ0v) is 8.24. The van der Waals surface area contributed by atoms with Gasteiger partial charge in [-0.05, 0) is 18.1 Å². The lowest BCUT2D eigenvalue weighted by Crippen LogP contribution is -2.28. The number of carbonyl (C=O) groups is 1. The maximum atomic E-state index is 13.5. The third-order valence-electron chi connectivity index (χ3n) is 2.52. The summed E-state index contributed by atoms with van der Waals surface area (Å²) >= 11 is 0. The van der Waals surface area contributed by atoms with Crippen LogP contribution in [0.4, 0.5) is 10.1 Å². The normalized spacial score (nSPS) is 14.5. The average molecular weight is 209 g/mol. The summed E-state index contributed by atoms with van der Waals surface area (Å²) in [6.07, 6.45) is 0.734. The van der Waals surface area contributed by atoms with Gasteiger partial charge in [0.1, 0.15) is 5.82 Å².